The Morgan fingerprint density at radius 2 is 1.76 bits per heavy atom. The second kappa shape index (κ2) is 7.22. The minimum atomic E-state index is -0.651. The van der Waals surface area contributed by atoms with Gasteiger partial charge in [-0.1, -0.05) is 24.1 Å². The van der Waals surface area contributed by atoms with Crippen molar-refractivity contribution >= 4 is 11.8 Å². The number of hydrogen-bond donors (Lipinski definition) is 3. The molecule has 0 aliphatic carbocycles. The van der Waals surface area contributed by atoms with Crippen LogP contribution in [0.5, 0.6) is 0 Å². The number of amides is 2. The molecule has 21 heavy (non-hydrogen) atoms. The van der Waals surface area contributed by atoms with Crippen molar-refractivity contribution in [3.05, 3.63) is 34.9 Å². The van der Waals surface area contributed by atoms with Crippen LogP contribution in [0.4, 0.5) is 0 Å². The van der Waals surface area contributed by atoms with Crippen molar-refractivity contribution in [2.75, 3.05) is 13.2 Å². The van der Waals surface area contributed by atoms with Gasteiger partial charge in [0, 0.05) is 5.56 Å². The summed E-state index contributed by atoms with van der Waals surface area (Å²) < 4.78 is 0. The Bertz CT molecular complexity index is 502. The second-order valence-electron chi connectivity index (χ2n) is 5.68. The van der Waals surface area contributed by atoms with E-state index in [-0.39, 0.29) is 25.0 Å². The van der Waals surface area contributed by atoms with Gasteiger partial charge >= 0.3 is 0 Å². The van der Waals surface area contributed by atoms with E-state index < -0.39 is 5.54 Å². The van der Waals surface area contributed by atoms with Gasteiger partial charge in [0.15, 0.2) is 0 Å². The fraction of sp³-hybridized carbons (Fsp3) is 0.500. The Hall–Kier alpha value is -1.88. The molecule has 1 atom stereocenters. The Morgan fingerprint density at radius 1 is 1.19 bits per heavy atom. The minimum absolute atomic E-state index is 0.110. The summed E-state index contributed by atoms with van der Waals surface area (Å²) in [6.07, 6.45) is 0.611. The topological polar surface area (TPSA) is 78.4 Å². The first-order valence-corrected chi connectivity index (χ1v) is 7.08. The SMILES string of the molecule is CC[C@](C)(CO)NC(=O)CNC(=O)c1cc(C)cc(C)c1. The van der Waals surface area contributed by atoms with Crippen LogP contribution in [0.3, 0.4) is 0 Å². The molecule has 0 fully saturated rings. The van der Waals surface area contributed by atoms with E-state index in [9.17, 15) is 14.7 Å². The maximum atomic E-state index is 12.0. The maximum absolute atomic E-state index is 12.0. The fourth-order valence-corrected chi connectivity index (χ4v) is 1.99. The number of hydrogen-bond acceptors (Lipinski definition) is 3. The van der Waals surface area contributed by atoms with Gasteiger partial charge in [-0.3, -0.25) is 9.59 Å². The zero-order valence-electron chi connectivity index (χ0n) is 13.1. The molecule has 2 amide bonds. The van der Waals surface area contributed by atoms with E-state index in [4.69, 9.17) is 0 Å². The summed E-state index contributed by atoms with van der Waals surface area (Å²) in [5.74, 6) is -0.592. The zero-order chi connectivity index (χ0) is 16.0. The van der Waals surface area contributed by atoms with E-state index in [1.807, 2.05) is 26.8 Å². The average molecular weight is 292 g/mol. The zero-order valence-corrected chi connectivity index (χ0v) is 13.1. The van der Waals surface area contributed by atoms with E-state index in [1.54, 1.807) is 19.1 Å². The molecule has 0 unspecified atom stereocenters. The van der Waals surface area contributed by atoms with Crippen molar-refractivity contribution in [3.63, 3.8) is 0 Å². The first-order chi connectivity index (χ1) is 9.79. The lowest BCUT2D eigenvalue weighted by Crippen LogP contribution is -2.51. The molecule has 1 rings (SSSR count). The first-order valence-electron chi connectivity index (χ1n) is 7.08. The summed E-state index contributed by atoms with van der Waals surface area (Å²) in [7, 11) is 0. The van der Waals surface area contributed by atoms with Crippen LogP contribution >= 0.6 is 0 Å². The third-order valence-electron chi connectivity index (χ3n) is 3.46. The predicted octanol–water partition coefficient (Wildman–Crippen LogP) is 1.31. The standard InChI is InChI=1S/C16H24N2O3/c1-5-16(4,10-19)18-14(20)9-17-15(21)13-7-11(2)6-12(3)8-13/h6-8,19H,5,9-10H2,1-4H3,(H,17,21)(H,18,20)/t16-/m1/s1. The van der Waals surface area contributed by atoms with Gasteiger partial charge in [0.2, 0.25) is 5.91 Å². The highest BCUT2D eigenvalue weighted by Gasteiger charge is 2.23. The van der Waals surface area contributed by atoms with Crippen LogP contribution in [0.1, 0.15) is 41.8 Å². The summed E-state index contributed by atoms with van der Waals surface area (Å²) in [5, 5.41) is 14.6. The number of benzene rings is 1. The molecule has 0 spiro atoms. The molecule has 3 N–H and O–H groups in total. The molecular weight excluding hydrogens is 268 g/mol. The summed E-state index contributed by atoms with van der Waals surface area (Å²) in [6.45, 7) is 7.23. The molecule has 0 heterocycles. The molecule has 0 saturated carbocycles. The Kier molecular flexibility index (Phi) is 5.90. The van der Waals surface area contributed by atoms with Crippen LogP contribution in [0, 0.1) is 13.8 Å². The van der Waals surface area contributed by atoms with E-state index in [0.29, 0.717) is 12.0 Å². The van der Waals surface area contributed by atoms with Crippen LogP contribution in [-0.2, 0) is 4.79 Å². The second-order valence-corrected chi connectivity index (χ2v) is 5.68. The summed E-state index contributed by atoms with van der Waals surface area (Å²) in [5.41, 5.74) is 1.90. The van der Waals surface area contributed by atoms with Crippen molar-refractivity contribution in [3.8, 4) is 0 Å². The summed E-state index contributed by atoms with van der Waals surface area (Å²) in [6, 6.07) is 5.55. The van der Waals surface area contributed by atoms with Gasteiger partial charge in [-0.25, -0.2) is 0 Å². The Labute approximate surface area is 125 Å². The van der Waals surface area contributed by atoms with Gasteiger partial charge in [0.05, 0.1) is 18.7 Å². The Balaban J connectivity index is 2.58. The number of aliphatic hydroxyl groups excluding tert-OH is 1. The molecule has 1 aromatic carbocycles. The smallest absolute Gasteiger partial charge is 0.251 e. The number of aliphatic hydroxyl groups is 1. The summed E-state index contributed by atoms with van der Waals surface area (Å²) in [4.78, 5) is 23.8. The molecule has 0 saturated heterocycles. The van der Waals surface area contributed by atoms with Crippen molar-refractivity contribution in [1.29, 1.82) is 0 Å². The molecule has 116 valence electrons. The highest BCUT2D eigenvalue weighted by molar-refractivity contribution is 5.96. The number of rotatable bonds is 6. The van der Waals surface area contributed by atoms with Crippen LogP contribution < -0.4 is 10.6 Å². The van der Waals surface area contributed by atoms with Gasteiger partial charge in [-0.15, -0.1) is 0 Å². The largest absolute Gasteiger partial charge is 0.394 e. The molecule has 5 heteroatoms. The van der Waals surface area contributed by atoms with E-state index in [2.05, 4.69) is 10.6 Å². The van der Waals surface area contributed by atoms with E-state index >= 15 is 0 Å². The number of carbonyl (C=O) groups excluding carboxylic acids is 2. The monoisotopic (exact) mass is 292 g/mol. The molecule has 0 aliphatic rings. The number of carbonyl (C=O) groups is 2. The van der Waals surface area contributed by atoms with Crippen molar-refractivity contribution in [1.82, 2.24) is 10.6 Å². The van der Waals surface area contributed by atoms with Gasteiger partial charge < -0.3 is 15.7 Å². The van der Waals surface area contributed by atoms with Gasteiger partial charge in [0.1, 0.15) is 0 Å². The normalized spacial score (nSPS) is 13.4. The van der Waals surface area contributed by atoms with Crippen LogP contribution in [0.15, 0.2) is 18.2 Å². The van der Waals surface area contributed by atoms with Crippen LogP contribution in [0.2, 0.25) is 0 Å². The lowest BCUT2D eigenvalue weighted by Gasteiger charge is -2.27. The first kappa shape index (κ1) is 17.2. The van der Waals surface area contributed by atoms with Crippen LogP contribution in [0.25, 0.3) is 0 Å². The summed E-state index contributed by atoms with van der Waals surface area (Å²) >= 11 is 0. The van der Waals surface area contributed by atoms with Gasteiger partial charge in [0.25, 0.3) is 5.91 Å². The van der Waals surface area contributed by atoms with Gasteiger partial charge in [-0.05, 0) is 39.3 Å². The molecule has 0 aliphatic heterocycles. The Morgan fingerprint density at radius 3 is 2.24 bits per heavy atom. The van der Waals surface area contributed by atoms with Crippen LogP contribution in [-0.4, -0.2) is 35.6 Å². The number of nitrogens with one attached hydrogen (secondary N) is 2. The molecule has 0 radical (unpaired) electrons. The molecule has 1 aromatic rings. The lowest BCUT2D eigenvalue weighted by atomic mass is 10.0. The van der Waals surface area contributed by atoms with Crippen molar-refractivity contribution in [2.24, 2.45) is 0 Å². The van der Waals surface area contributed by atoms with Crippen molar-refractivity contribution in [2.45, 2.75) is 39.7 Å². The highest BCUT2D eigenvalue weighted by Crippen LogP contribution is 2.09. The molecule has 0 aromatic heterocycles. The average Bonchev–Trinajstić information content (AvgIpc) is 2.43. The minimum Gasteiger partial charge on any atom is -0.394 e. The maximum Gasteiger partial charge on any atom is 0.251 e. The molecule has 0 bridgehead atoms. The van der Waals surface area contributed by atoms with Gasteiger partial charge in [-0.2, -0.15) is 0 Å². The third kappa shape index (κ3) is 5.19. The van der Waals surface area contributed by atoms with E-state index in [1.165, 1.54) is 0 Å². The third-order valence-corrected chi connectivity index (χ3v) is 3.46. The van der Waals surface area contributed by atoms with Crippen molar-refractivity contribution < 1.29 is 14.7 Å². The fourth-order valence-electron chi connectivity index (χ4n) is 1.99. The molecule has 5 nitrogen and oxygen atoms in total. The van der Waals surface area contributed by atoms with E-state index in [0.717, 1.165) is 11.1 Å². The highest BCUT2D eigenvalue weighted by atomic mass is 16.3. The lowest BCUT2D eigenvalue weighted by molar-refractivity contribution is -0.122. The molecular formula is C16H24N2O3. The predicted molar refractivity (Wildman–Crippen MR) is 82.2 cm³/mol. The number of aryl methyl sites for hydroxylation is 2. The quantitative estimate of drug-likeness (QED) is 0.739.